The first-order valence-electron chi connectivity index (χ1n) is 5.84. The van der Waals surface area contributed by atoms with Crippen molar-refractivity contribution < 1.29 is 9.72 Å². The van der Waals surface area contributed by atoms with Crippen LogP contribution in [0, 0.1) is 10.1 Å². The summed E-state index contributed by atoms with van der Waals surface area (Å²) >= 11 is 0. The maximum absolute atomic E-state index is 11.5. The Hall–Kier alpha value is -2.38. The molecule has 0 radical (unpaired) electrons. The highest BCUT2D eigenvalue weighted by molar-refractivity contribution is 5.81. The first-order valence-corrected chi connectivity index (χ1v) is 5.84. The number of hydrogen-bond acceptors (Lipinski definition) is 6. The monoisotopic (exact) mass is 267 g/mol. The Kier molecular flexibility index (Phi) is 5.04. The standard InChI is InChI=1S/C11H17N5O3/c1-3-6-13-10(17)7-15(2)9-5-4-8(16(18)19)11(12)14-9/h4-5H,3,6-7H2,1-2H3,(H2,12,14)(H,13,17). The van der Waals surface area contributed by atoms with E-state index in [1.807, 2.05) is 6.92 Å². The summed E-state index contributed by atoms with van der Waals surface area (Å²) in [5, 5.41) is 13.3. The van der Waals surface area contributed by atoms with Gasteiger partial charge in [-0.2, -0.15) is 0 Å². The molecule has 8 nitrogen and oxygen atoms in total. The number of carbonyl (C=O) groups is 1. The Morgan fingerprint density at radius 1 is 1.58 bits per heavy atom. The van der Waals surface area contributed by atoms with E-state index in [1.165, 1.54) is 12.1 Å². The highest BCUT2D eigenvalue weighted by Crippen LogP contribution is 2.22. The minimum absolute atomic E-state index is 0.115. The van der Waals surface area contributed by atoms with Gasteiger partial charge in [0.15, 0.2) is 0 Å². The van der Waals surface area contributed by atoms with Gasteiger partial charge < -0.3 is 16.0 Å². The molecule has 0 atom stereocenters. The number of nitrogens with one attached hydrogen (secondary N) is 1. The SMILES string of the molecule is CCCNC(=O)CN(C)c1ccc([N+](=O)[O-])c(N)n1. The topological polar surface area (TPSA) is 114 Å². The summed E-state index contributed by atoms with van der Waals surface area (Å²) in [6.07, 6.45) is 0.859. The lowest BCUT2D eigenvalue weighted by Crippen LogP contribution is -2.35. The van der Waals surface area contributed by atoms with Crippen molar-refractivity contribution in [3.8, 4) is 0 Å². The van der Waals surface area contributed by atoms with E-state index in [-0.39, 0.29) is 24.0 Å². The Balaban J connectivity index is 2.72. The van der Waals surface area contributed by atoms with Gasteiger partial charge in [-0.1, -0.05) is 6.92 Å². The van der Waals surface area contributed by atoms with Crippen LogP contribution in [0.5, 0.6) is 0 Å². The number of hydrogen-bond donors (Lipinski definition) is 2. The van der Waals surface area contributed by atoms with Crippen molar-refractivity contribution in [2.45, 2.75) is 13.3 Å². The highest BCUT2D eigenvalue weighted by Gasteiger charge is 2.15. The number of pyridine rings is 1. The summed E-state index contributed by atoms with van der Waals surface area (Å²) in [6, 6.07) is 2.74. The van der Waals surface area contributed by atoms with Gasteiger partial charge in [0.05, 0.1) is 11.5 Å². The molecule has 0 aliphatic heterocycles. The molecule has 104 valence electrons. The summed E-state index contributed by atoms with van der Waals surface area (Å²) in [5.74, 6) is 0.112. The molecule has 8 heteroatoms. The van der Waals surface area contributed by atoms with E-state index < -0.39 is 4.92 Å². The number of nitrogen functional groups attached to an aromatic ring is 1. The van der Waals surface area contributed by atoms with Gasteiger partial charge in [0.1, 0.15) is 5.82 Å². The van der Waals surface area contributed by atoms with Crippen molar-refractivity contribution in [1.82, 2.24) is 10.3 Å². The Labute approximate surface area is 110 Å². The van der Waals surface area contributed by atoms with Crippen molar-refractivity contribution in [3.05, 3.63) is 22.2 Å². The van der Waals surface area contributed by atoms with Crippen molar-refractivity contribution in [3.63, 3.8) is 0 Å². The zero-order valence-corrected chi connectivity index (χ0v) is 10.9. The largest absolute Gasteiger partial charge is 0.378 e. The molecule has 19 heavy (non-hydrogen) atoms. The highest BCUT2D eigenvalue weighted by atomic mass is 16.6. The van der Waals surface area contributed by atoms with Crippen molar-refractivity contribution in [1.29, 1.82) is 0 Å². The molecule has 3 N–H and O–H groups in total. The quantitative estimate of drug-likeness (QED) is 0.574. The number of nitro groups is 1. The second-order valence-corrected chi connectivity index (χ2v) is 4.04. The third kappa shape index (κ3) is 4.09. The lowest BCUT2D eigenvalue weighted by molar-refractivity contribution is -0.384. The zero-order valence-electron chi connectivity index (χ0n) is 10.9. The number of anilines is 2. The van der Waals surface area contributed by atoms with Crippen LogP contribution in [-0.2, 0) is 4.79 Å². The van der Waals surface area contributed by atoms with Crippen LogP contribution in [-0.4, -0.2) is 36.0 Å². The third-order valence-electron chi connectivity index (χ3n) is 2.43. The molecule has 1 rings (SSSR count). The average Bonchev–Trinajstić information content (AvgIpc) is 2.35. The van der Waals surface area contributed by atoms with E-state index in [9.17, 15) is 14.9 Å². The van der Waals surface area contributed by atoms with E-state index in [0.717, 1.165) is 6.42 Å². The molecular formula is C11H17N5O3. The lowest BCUT2D eigenvalue weighted by Gasteiger charge is -2.17. The number of nitrogens with two attached hydrogens (primary N) is 1. The van der Waals surface area contributed by atoms with Crippen molar-refractivity contribution in [2.75, 3.05) is 30.8 Å². The second kappa shape index (κ2) is 6.53. The number of rotatable bonds is 6. The molecule has 0 saturated heterocycles. The minimum Gasteiger partial charge on any atom is -0.378 e. The summed E-state index contributed by atoms with van der Waals surface area (Å²) in [6.45, 7) is 2.69. The molecule has 0 aromatic carbocycles. The van der Waals surface area contributed by atoms with Crippen LogP contribution < -0.4 is 16.0 Å². The molecule has 0 aliphatic carbocycles. The molecule has 1 aromatic rings. The second-order valence-electron chi connectivity index (χ2n) is 4.04. The van der Waals surface area contributed by atoms with E-state index in [0.29, 0.717) is 12.4 Å². The van der Waals surface area contributed by atoms with Gasteiger partial charge >= 0.3 is 5.69 Å². The molecule has 0 aliphatic rings. The summed E-state index contributed by atoms with van der Waals surface area (Å²) in [7, 11) is 1.67. The molecule has 1 heterocycles. The van der Waals surface area contributed by atoms with E-state index >= 15 is 0 Å². The average molecular weight is 267 g/mol. The normalized spacial score (nSPS) is 10.0. The summed E-state index contributed by atoms with van der Waals surface area (Å²) in [4.78, 5) is 27.0. The lowest BCUT2D eigenvalue weighted by atomic mass is 10.3. The third-order valence-corrected chi connectivity index (χ3v) is 2.43. The van der Waals surface area contributed by atoms with Crippen molar-refractivity contribution in [2.24, 2.45) is 0 Å². The first kappa shape index (κ1) is 14.7. The number of nitrogens with zero attached hydrogens (tertiary/aromatic N) is 3. The van der Waals surface area contributed by atoms with Crippen LogP contribution in [0.2, 0.25) is 0 Å². The van der Waals surface area contributed by atoms with E-state index in [4.69, 9.17) is 5.73 Å². The van der Waals surface area contributed by atoms with Gasteiger partial charge in [-0.25, -0.2) is 4.98 Å². The van der Waals surface area contributed by atoms with Gasteiger partial charge in [0, 0.05) is 19.7 Å². The number of amides is 1. The van der Waals surface area contributed by atoms with Gasteiger partial charge in [-0.05, 0) is 12.5 Å². The minimum atomic E-state index is -0.597. The van der Waals surface area contributed by atoms with Crippen LogP contribution >= 0.6 is 0 Å². The van der Waals surface area contributed by atoms with Crippen LogP contribution in [0.15, 0.2) is 12.1 Å². The summed E-state index contributed by atoms with van der Waals surface area (Å²) < 4.78 is 0. The predicted octanol–water partition coefficient (Wildman–Crippen LogP) is 0.534. The fourth-order valence-electron chi connectivity index (χ4n) is 1.44. The smallest absolute Gasteiger partial charge is 0.311 e. The van der Waals surface area contributed by atoms with Gasteiger partial charge in [-0.15, -0.1) is 0 Å². The summed E-state index contributed by atoms with van der Waals surface area (Å²) in [5.41, 5.74) is 5.25. The van der Waals surface area contributed by atoms with Crippen LogP contribution in [0.3, 0.4) is 0 Å². The molecular weight excluding hydrogens is 250 g/mol. The fourth-order valence-corrected chi connectivity index (χ4v) is 1.44. The molecule has 0 saturated carbocycles. The molecule has 0 unspecified atom stereocenters. The van der Waals surface area contributed by atoms with Gasteiger partial charge in [0.25, 0.3) is 0 Å². The number of carbonyl (C=O) groups excluding carboxylic acids is 1. The maximum Gasteiger partial charge on any atom is 0.311 e. The predicted molar refractivity (Wildman–Crippen MR) is 71.9 cm³/mol. The Morgan fingerprint density at radius 2 is 2.26 bits per heavy atom. The van der Waals surface area contributed by atoms with Crippen LogP contribution in [0.1, 0.15) is 13.3 Å². The maximum atomic E-state index is 11.5. The van der Waals surface area contributed by atoms with Gasteiger partial charge in [-0.3, -0.25) is 14.9 Å². The van der Waals surface area contributed by atoms with E-state index in [1.54, 1.807) is 11.9 Å². The zero-order chi connectivity index (χ0) is 14.4. The molecule has 1 amide bonds. The Bertz CT molecular complexity index is 477. The van der Waals surface area contributed by atoms with Crippen LogP contribution in [0.25, 0.3) is 0 Å². The fraction of sp³-hybridized carbons (Fsp3) is 0.455. The van der Waals surface area contributed by atoms with Crippen LogP contribution in [0.4, 0.5) is 17.3 Å². The first-order chi connectivity index (χ1) is 8.95. The van der Waals surface area contributed by atoms with Gasteiger partial charge in [0.2, 0.25) is 11.7 Å². The Morgan fingerprint density at radius 3 is 2.79 bits per heavy atom. The molecule has 0 fully saturated rings. The number of aromatic nitrogens is 1. The van der Waals surface area contributed by atoms with Crippen molar-refractivity contribution >= 4 is 23.2 Å². The molecule has 0 bridgehead atoms. The molecule has 0 spiro atoms. The van der Waals surface area contributed by atoms with E-state index in [2.05, 4.69) is 10.3 Å². The molecule has 1 aromatic heterocycles. The number of likely N-dealkylation sites (N-methyl/N-ethyl adjacent to an activating group) is 1.